The first-order valence-corrected chi connectivity index (χ1v) is 7.57. The number of amides is 1. The van der Waals surface area contributed by atoms with E-state index in [0.717, 1.165) is 10.9 Å². The maximum atomic E-state index is 12.2. The molecule has 0 bridgehead atoms. The molecule has 6 heteroatoms. The van der Waals surface area contributed by atoms with E-state index < -0.39 is 0 Å². The molecule has 1 aromatic carbocycles. The van der Waals surface area contributed by atoms with Crippen molar-refractivity contribution >= 4 is 22.8 Å². The van der Waals surface area contributed by atoms with Crippen LogP contribution in [-0.2, 0) is 9.53 Å². The number of rotatable bonds is 7. The molecule has 0 spiro atoms. The average molecular weight is 319 g/mol. The van der Waals surface area contributed by atoms with Gasteiger partial charge in [-0.3, -0.25) is 9.59 Å². The zero-order valence-electron chi connectivity index (χ0n) is 13.6. The summed E-state index contributed by atoms with van der Waals surface area (Å²) in [5.41, 5.74) is 1.40. The van der Waals surface area contributed by atoms with Crippen LogP contribution in [0.5, 0.6) is 5.75 Å². The SMILES string of the molecule is CCOC(=O)CCCNC(=O)c1oc2ccc(OC)cc2c1C. The standard InChI is InChI=1S/C17H21NO5/c1-4-22-15(19)6-5-9-18-17(20)16-11(2)13-10-12(21-3)7-8-14(13)23-16/h7-8,10H,4-6,9H2,1-3H3,(H,18,20). The molecular formula is C17H21NO5. The van der Waals surface area contributed by atoms with Crippen molar-refractivity contribution in [3.8, 4) is 5.75 Å². The molecule has 23 heavy (non-hydrogen) atoms. The first-order chi connectivity index (χ1) is 11.1. The van der Waals surface area contributed by atoms with Gasteiger partial charge in [-0.15, -0.1) is 0 Å². The summed E-state index contributed by atoms with van der Waals surface area (Å²) in [7, 11) is 1.59. The highest BCUT2D eigenvalue weighted by Gasteiger charge is 2.17. The van der Waals surface area contributed by atoms with Gasteiger partial charge in [0, 0.05) is 23.9 Å². The number of fused-ring (bicyclic) bond motifs is 1. The van der Waals surface area contributed by atoms with E-state index in [9.17, 15) is 9.59 Å². The van der Waals surface area contributed by atoms with Gasteiger partial charge in [0.25, 0.3) is 5.91 Å². The van der Waals surface area contributed by atoms with Crippen LogP contribution < -0.4 is 10.1 Å². The van der Waals surface area contributed by atoms with E-state index in [-0.39, 0.29) is 24.1 Å². The molecule has 0 atom stereocenters. The zero-order valence-corrected chi connectivity index (χ0v) is 13.6. The minimum Gasteiger partial charge on any atom is -0.497 e. The van der Waals surface area contributed by atoms with E-state index in [1.54, 1.807) is 26.2 Å². The Balaban J connectivity index is 1.98. The van der Waals surface area contributed by atoms with E-state index >= 15 is 0 Å². The predicted molar refractivity (Wildman–Crippen MR) is 85.7 cm³/mol. The second-order valence-corrected chi connectivity index (χ2v) is 5.08. The fourth-order valence-corrected chi connectivity index (χ4v) is 2.29. The molecule has 2 rings (SSSR count). The van der Waals surface area contributed by atoms with Crippen molar-refractivity contribution in [1.82, 2.24) is 5.32 Å². The van der Waals surface area contributed by atoms with Crippen molar-refractivity contribution < 1.29 is 23.5 Å². The monoisotopic (exact) mass is 319 g/mol. The van der Waals surface area contributed by atoms with E-state index in [0.29, 0.717) is 30.9 Å². The molecule has 0 aliphatic heterocycles. The maximum absolute atomic E-state index is 12.2. The lowest BCUT2D eigenvalue weighted by molar-refractivity contribution is -0.143. The van der Waals surface area contributed by atoms with Gasteiger partial charge in [0.05, 0.1) is 13.7 Å². The Morgan fingerprint density at radius 2 is 2.09 bits per heavy atom. The molecule has 0 aliphatic carbocycles. The number of carbonyl (C=O) groups excluding carboxylic acids is 2. The molecular weight excluding hydrogens is 298 g/mol. The molecule has 0 radical (unpaired) electrons. The van der Waals surface area contributed by atoms with Crippen LogP contribution in [0.15, 0.2) is 22.6 Å². The fourth-order valence-electron chi connectivity index (χ4n) is 2.29. The Hall–Kier alpha value is -2.50. The summed E-state index contributed by atoms with van der Waals surface area (Å²) >= 11 is 0. The number of hydrogen-bond acceptors (Lipinski definition) is 5. The predicted octanol–water partition coefficient (Wildman–Crippen LogP) is 2.82. The van der Waals surface area contributed by atoms with Gasteiger partial charge in [-0.05, 0) is 38.5 Å². The Morgan fingerprint density at radius 1 is 1.30 bits per heavy atom. The summed E-state index contributed by atoms with van der Waals surface area (Å²) in [6.45, 7) is 4.35. The normalized spacial score (nSPS) is 10.6. The van der Waals surface area contributed by atoms with Crippen LogP contribution in [0.25, 0.3) is 11.0 Å². The highest BCUT2D eigenvalue weighted by molar-refractivity contribution is 5.99. The second kappa shape index (κ2) is 7.67. The molecule has 1 N–H and O–H groups in total. The van der Waals surface area contributed by atoms with Crippen LogP contribution in [0.1, 0.15) is 35.9 Å². The molecule has 0 saturated heterocycles. The zero-order chi connectivity index (χ0) is 16.8. The van der Waals surface area contributed by atoms with Gasteiger partial charge in [0.2, 0.25) is 0 Å². The van der Waals surface area contributed by atoms with Crippen molar-refractivity contribution in [2.45, 2.75) is 26.7 Å². The van der Waals surface area contributed by atoms with Crippen LogP contribution in [0.4, 0.5) is 0 Å². The quantitative estimate of drug-likeness (QED) is 0.627. The summed E-state index contributed by atoms with van der Waals surface area (Å²) in [5, 5.41) is 3.60. The van der Waals surface area contributed by atoms with E-state index in [1.165, 1.54) is 0 Å². The average Bonchev–Trinajstić information content (AvgIpc) is 2.88. The Labute approximate surface area is 134 Å². The van der Waals surface area contributed by atoms with Gasteiger partial charge in [-0.1, -0.05) is 0 Å². The number of aryl methyl sites for hydroxylation is 1. The number of benzene rings is 1. The maximum Gasteiger partial charge on any atom is 0.305 e. The van der Waals surface area contributed by atoms with Crippen LogP contribution in [0, 0.1) is 6.92 Å². The Morgan fingerprint density at radius 3 is 2.78 bits per heavy atom. The van der Waals surface area contributed by atoms with Crippen LogP contribution in [-0.4, -0.2) is 32.1 Å². The number of hydrogen-bond donors (Lipinski definition) is 1. The van der Waals surface area contributed by atoms with Crippen LogP contribution >= 0.6 is 0 Å². The summed E-state index contributed by atoms with van der Waals surface area (Å²) in [4.78, 5) is 23.4. The summed E-state index contributed by atoms with van der Waals surface area (Å²) in [6, 6.07) is 5.40. The van der Waals surface area contributed by atoms with Crippen molar-refractivity contribution in [2.75, 3.05) is 20.3 Å². The number of ether oxygens (including phenoxy) is 2. The fraction of sp³-hybridized carbons (Fsp3) is 0.412. The summed E-state index contributed by atoms with van der Waals surface area (Å²) < 4.78 is 15.6. The van der Waals surface area contributed by atoms with Crippen molar-refractivity contribution in [2.24, 2.45) is 0 Å². The third kappa shape index (κ3) is 4.03. The smallest absolute Gasteiger partial charge is 0.305 e. The molecule has 0 fully saturated rings. The molecule has 6 nitrogen and oxygen atoms in total. The van der Waals surface area contributed by atoms with Crippen LogP contribution in [0.2, 0.25) is 0 Å². The highest BCUT2D eigenvalue weighted by Crippen LogP contribution is 2.28. The number of methoxy groups -OCH3 is 1. The van der Waals surface area contributed by atoms with E-state index in [1.807, 2.05) is 13.0 Å². The molecule has 1 heterocycles. The molecule has 124 valence electrons. The molecule has 0 unspecified atom stereocenters. The minimum absolute atomic E-state index is 0.256. The summed E-state index contributed by atoms with van der Waals surface area (Å²) in [5.74, 6) is 0.447. The Kier molecular flexibility index (Phi) is 5.62. The first-order valence-electron chi connectivity index (χ1n) is 7.57. The lowest BCUT2D eigenvalue weighted by Gasteiger charge is -2.04. The van der Waals surface area contributed by atoms with Crippen LogP contribution in [0.3, 0.4) is 0 Å². The Bertz CT molecular complexity index is 704. The number of furan rings is 1. The van der Waals surface area contributed by atoms with Crippen molar-refractivity contribution in [3.63, 3.8) is 0 Å². The van der Waals surface area contributed by atoms with Gasteiger partial charge in [0.1, 0.15) is 11.3 Å². The number of nitrogens with one attached hydrogen (secondary N) is 1. The summed E-state index contributed by atoms with van der Waals surface area (Å²) in [6.07, 6.45) is 0.808. The third-order valence-electron chi connectivity index (χ3n) is 3.50. The lowest BCUT2D eigenvalue weighted by atomic mass is 10.1. The first kappa shape index (κ1) is 16.9. The molecule has 0 aliphatic rings. The molecule has 1 aromatic heterocycles. The molecule has 1 amide bonds. The second-order valence-electron chi connectivity index (χ2n) is 5.08. The molecule has 0 saturated carbocycles. The number of esters is 1. The lowest BCUT2D eigenvalue weighted by Crippen LogP contribution is -2.25. The van der Waals surface area contributed by atoms with Gasteiger partial charge in [0.15, 0.2) is 5.76 Å². The van der Waals surface area contributed by atoms with E-state index in [4.69, 9.17) is 13.9 Å². The topological polar surface area (TPSA) is 77.8 Å². The van der Waals surface area contributed by atoms with Gasteiger partial charge >= 0.3 is 5.97 Å². The van der Waals surface area contributed by atoms with E-state index in [2.05, 4.69) is 5.32 Å². The minimum atomic E-state index is -0.290. The van der Waals surface area contributed by atoms with Gasteiger partial charge in [-0.2, -0.15) is 0 Å². The third-order valence-corrected chi connectivity index (χ3v) is 3.50. The van der Waals surface area contributed by atoms with Gasteiger partial charge < -0.3 is 19.2 Å². The van der Waals surface area contributed by atoms with Crippen molar-refractivity contribution in [3.05, 3.63) is 29.5 Å². The van der Waals surface area contributed by atoms with Crippen molar-refractivity contribution in [1.29, 1.82) is 0 Å². The highest BCUT2D eigenvalue weighted by atomic mass is 16.5. The van der Waals surface area contributed by atoms with Gasteiger partial charge in [-0.25, -0.2) is 0 Å². The number of carbonyl (C=O) groups is 2. The molecule has 2 aromatic rings. The largest absolute Gasteiger partial charge is 0.497 e.